The molecule has 0 N–H and O–H groups in total. The average molecular weight is 853 g/mol. The average Bonchev–Trinajstić information content (AvgIpc) is 3.73. The first-order chi connectivity index (χ1) is 33.0. The number of para-hydroxylation sites is 2. The number of benzene rings is 12. The highest BCUT2D eigenvalue weighted by Gasteiger charge is 2.38. The van der Waals surface area contributed by atoms with E-state index in [1.165, 1.54) is 126 Å². The monoisotopic (exact) mass is 852 g/mol. The van der Waals surface area contributed by atoms with Crippen LogP contribution in [0.15, 0.2) is 231 Å². The van der Waals surface area contributed by atoms with Crippen molar-refractivity contribution in [3.05, 3.63) is 242 Å². The molecule has 0 fully saturated rings. The van der Waals surface area contributed by atoms with Crippen LogP contribution < -0.4 is 4.90 Å². The van der Waals surface area contributed by atoms with Crippen molar-refractivity contribution in [2.75, 3.05) is 4.90 Å². The van der Waals surface area contributed by atoms with Crippen molar-refractivity contribution in [2.45, 2.75) is 19.3 Å². The van der Waals surface area contributed by atoms with Gasteiger partial charge in [-0.2, -0.15) is 0 Å². The van der Waals surface area contributed by atoms with Gasteiger partial charge in [-0.1, -0.05) is 202 Å². The normalized spacial score (nSPS) is 13.3. The molecule has 0 unspecified atom stereocenters. The minimum atomic E-state index is -0.275. The molecule has 1 aliphatic rings. The Balaban J connectivity index is 0.972. The number of aromatic nitrogens is 1. The van der Waals surface area contributed by atoms with Crippen LogP contribution in [-0.4, -0.2) is 4.57 Å². The predicted molar refractivity (Wildman–Crippen MR) is 286 cm³/mol. The minimum Gasteiger partial charge on any atom is -0.310 e. The number of hydrogen-bond donors (Lipinski definition) is 0. The van der Waals surface area contributed by atoms with Gasteiger partial charge in [-0.3, -0.25) is 0 Å². The zero-order valence-corrected chi connectivity index (χ0v) is 37.3. The van der Waals surface area contributed by atoms with E-state index in [2.05, 4.69) is 254 Å². The number of hydrogen-bond acceptors (Lipinski definition) is 1. The second kappa shape index (κ2) is 14.3. The lowest BCUT2D eigenvalue weighted by Gasteiger charge is -2.43. The van der Waals surface area contributed by atoms with Gasteiger partial charge in [-0.15, -0.1) is 0 Å². The second-order valence-corrected chi connectivity index (χ2v) is 18.8. The molecular formula is C65H44N2. The summed E-state index contributed by atoms with van der Waals surface area (Å²) in [6.07, 6.45) is 0. The van der Waals surface area contributed by atoms with Gasteiger partial charge < -0.3 is 9.47 Å². The van der Waals surface area contributed by atoms with Crippen LogP contribution in [0.4, 0.5) is 17.1 Å². The fourth-order valence-corrected chi connectivity index (χ4v) is 11.9. The smallest absolute Gasteiger partial charge is 0.0619 e. The Kier molecular flexibility index (Phi) is 8.06. The molecule has 0 radical (unpaired) electrons. The molecule has 1 aromatic heterocycles. The van der Waals surface area contributed by atoms with Gasteiger partial charge in [-0.05, 0) is 119 Å². The van der Waals surface area contributed by atoms with Crippen molar-refractivity contribution >= 4 is 92.7 Å². The van der Waals surface area contributed by atoms with E-state index in [9.17, 15) is 0 Å². The lowest BCUT2D eigenvalue weighted by atomic mass is 9.71. The second-order valence-electron chi connectivity index (χ2n) is 18.8. The molecule has 13 aromatic rings. The molecule has 0 saturated heterocycles. The van der Waals surface area contributed by atoms with Crippen LogP contribution in [0.5, 0.6) is 0 Å². The van der Waals surface area contributed by atoms with E-state index in [1.807, 2.05) is 0 Å². The highest BCUT2D eigenvalue weighted by molar-refractivity contribution is 6.26. The Morgan fingerprint density at radius 2 is 0.881 bits per heavy atom. The maximum Gasteiger partial charge on any atom is 0.0619 e. The summed E-state index contributed by atoms with van der Waals surface area (Å²) in [7, 11) is 0. The Morgan fingerprint density at radius 3 is 1.63 bits per heavy atom. The van der Waals surface area contributed by atoms with Crippen molar-refractivity contribution < 1.29 is 0 Å². The molecule has 1 aliphatic heterocycles. The number of fused-ring (bicyclic) bond motifs is 14. The molecule has 2 heteroatoms. The first-order valence-corrected chi connectivity index (χ1v) is 23.4. The Bertz CT molecular complexity index is 4150. The lowest BCUT2D eigenvalue weighted by Crippen LogP contribution is -2.31. The van der Waals surface area contributed by atoms with Gasteiger partial charge in [0.05, 0.1) is 28.1 Å². The SMILES string of the molecule is CC1(C)c2ccc(-c3cccc4c5ccccc5n(-c5cccc6ccccc56)c34)cc2N(c2ccc(-c3ccc4c5ccccc5c5ccccc5c4c3)cc2)c2ccc3ccccc3c21. The van der Waals surface area contributed by atoms with Gasteiger partial charge in [-0.25, -0.2) is 0 Å². The quantitative estimate of drug-likeness (QED) is 0.160. The van der Waals surface area contributed by atoms with E-state index in [0.717, 1.165) is 5.69 Å². The summed E-state index contributed by atoms with van der Waals surface area (Å²) >= 11 is 0. The summed E-state index contributed by atoms with van der Waals surface area (Å²) in [4.78, 5) is 2.52. The van der Waals surface area contributed by atoms with Crippen LogP contribution in [0.25, 0.3) is 104 Å². The van der Waals surface area contributed by atoms with Crippen LogP contribution in [0.1, 0.15) is 25.0 Å². The Hall–Kier alpha value is -8.46. The van der Waals surface area contributed by atoms with Gasteiger partial charge in [0.1, 0.15) is 0 Å². The Labute approximate surface area is 389 Å². The molecule has 314 valence electrons. The molecule has 2 heterocycles. The topological polar surface area (TPSA) is 8.17 Å². The van der Waals surface area contributed by atoms with Gasteiger partial charge in [0.25, 0.3) is 0 Å². The number of anilines is 3. The highest BCUT2D eigenvalue weighted by atomic mass is 15.2. The molecule has 2 nitrogen and oxygen atoms in total. The van der Waals surface area contributed by atoms with Crippen molar-refractivity contribution in [1.29, 1.82) is 0 Å². The van der Waals surface area contributed by atoms with Crippen molar-refractivity contribution in [2.24, 2.45) is 0 Å². The highest BCUT2D eigenvalue weighted by Crippen LogP contribution is 2.55. The molecule has 0 amide bonds. The lowest BCUT2D eigenvalue weighted by molar-refractivity contribution is 0.638. The van der Waals surface area contributed by atoms with Gasteiger partial charge in [0.2, 0.25) is 0 Å². The molecule has 0 bridgehead atoms. The maximum atomic E-state index is 2.52. The van der Waals surface area contributed by atoms with Gasteiger partial charge in [0, 0.05) is 32.8 Å². The van der Waals surface area contributed by atoms with Crippen molar-refractivity contribution in [3.8, 4) is 27.9 Å². The van der Waals surface area contributed by atoms with E-state index in [1.54, 1.807) is 0 Å². The standard InChI is InChI=1S/C65H44N2/c1-65(2)58-37-32-45(49-25-14-26-56-55-24-11-12-27-60(55)67(64(49)56)59-28-13-17-42-15-3-5-18-47(42)59)40-62(58)66(61-38-33-43-16-4-6-19-48(43)63(61)65)46-34-29-41(30-35-46)44-31-36-54-52-22-8-7-20-50(52)51-21-9-10-23-53(51)57(54)39-44/h3-40H,1-2H3. The maximum absolute atomic E-state index is 2.52. The third-order valence-corrected chi connectivity index (χ3v) is 14.9. The van der Waals surface area contributed by atoms with Crippen molar-refractivity contribution in [3.63, 3.8) is 0 Å². The minimum absolute atomic E-state index is 0.275. The summed E-state index contributed by atoms with van der Waals surface area (Å²) in [5.74, 6) is 0. The van der Waals surface area contributed by atoms with Crippen LogP contribution in [0, 0.1) is 0 Å². The van der Waals surface area contributed by atoms with Crippen LogP contribution >= 0.6 is 0 Å². The zero-order valence-electron chi connectivity index (χ0n) is 37.3. The molecule has 14 rings (SSSR count). The summed E-state index contributed by atoms with van der Waals surface area (Å²) in [6.45, 7) is 4.81. The van der Waals surface area contributed by atoms with Crippen molar-refractivity contribution in [1.82, 2.24) is 4.57 Å². The summed E-state index contributed by atoms with van der Waals surface area (Å²) in [6, 6.07) is 85.8. The van der Waals surface area contributed by atoms with Gasteiger partial charge >= 0.3 is 0 Å². The van der Waals surface area contributed by atoms with E-state index < -0.39 is 0 Å². The van der Waals surface area contributed by atoms with E-state index in [4.69, 9.17) is 0 Å². The van der Waals surface area contributed by atoms with E-state index >= 15 is 0 Å². The third kappa shape index (κ3) is 5.51. The fourth-order valence-electron chi connectivity index (χ4n) is 11.9. The van der Waals surface area contributed by atoms with Crippen LogP contribution in [0.2, 0.25) is 0 Å². The Morgan fingerprint density at radius 1 is 0.328 bits per heavy atom. The first-order valence-electron chi connectivity index (χ1n) is 23.4. The summed E-state index contributed by atoms with van der Waals surface area (Å²) < 4.78 is 2.50. The summed E-state index contributed by atoms with van der Waals surface area (Å²) in [5, 5.41) is 15.3. The van der Waals surface area contributed by atoms with Crippen LogP contribution in [-0.2, 0) is 5.41 Å². The molecule has 0 atom stereocenters. The molecular weight excluding hydrogens is 809 g/mol. The first kappa shape index (κ1) is 37.9. The third-order valence-electron chi connectivity index (χ3n) is 14.9. The molecule has 12 aromatic carbocycles. The predicted octanol–water partition coefficient (Wildman–Crippen LogP) is 18.0. The largest absolute Gasteiger partial charge is 0.310 e. The van der Waals surface area contributed by atoms with Crippen LogP contribution in [0.3, 0.4) is 0 Å². The molecule has 67 heavy (non-hydrogen) atoms. The molecule has 0 saturated carbocycles. The summed E-state index contributed by atoms with van der Waals surface area (Å²) in [5.41, 5.74) is 14.3. The number of rotatable bonds is 4. The van der Waals surface area contributed by atoms with Gasteiger partial charge in [0.15, 0.2) is 0 Å². The number of nitrogens with zero attached hydrogens (tertiary/aromatic N) is 2. The van der Waals surface area contributed by atoms with E-state index in [0.29, 0.717) is 0 Å². The molecule has 0 spiro atoms. The fraction of sp³-hybridized carbons (Fsp3) is 0.0462. The molecule has 0 aliphatic carbocycles. The zero-order chi connectivity index (χ0) is 44.4. The van der Waals surface area contributed by atoms with E-state index in [-0.39, 0.29) is 5.41 Å².